The molecule has 0 aromatic heterocycles. The highest BCUT2D eigenvalue weighted by atomic mass is 16.5. The minimum atomic E-state index is -0.265. The molecule has 1 amide bonds. The van der Waals surface area contributed by atoms with Crippen molar-refractivity contribution >= 4 is 5.91 Å². The summed E-state index contributed by atoms with van der Waals surface area (Å²) in [6.45, 7) is 5.33. The molecule has 0 bridgehead atoms. The van der Waals surface area contributed by atoms with Crippen molar-refractivity contribution in [3.63, 3.8) is 0 Å². The Bertz CT molecular complexity index is 667. The maximum absolute atomic E-state index is 12.8. The third-order valence-corrected chi connectivity index (χ3v) is 4.66. The van der Waals surface area contributed by atoms with E-state index in [2.05, 4.69) is 38.1 Å². The lowest BCUT2D eigenvalue weighted by atomic mass is 9.97. The van der Waals surface area contributed by atoms with E-state index in [1.807, 2.05) is 41.3 Å². The van der Waals surface area contributed by atoms with Crippen LogP contribution in [0.4, 0.5) is 0 Å². The lowest BCUT2D eigenvalue weighted by Crippen LogP contribution is -2.56. The Kier molecular flexibility index (Phi) is 5.00. The first-order valence-corrected chi connectivity index (χ1v) is 8.57. The summed E-state index contributed by atoms with van der Waals surface area (Å²) < 4.78 is 6.03. The van der Waals surface area contributed by atoms with Crippen LogP contribution in [0.5, 0.6) is 0 Å². The molecule has 1 heterocycles. The van der Waals surface area contributed by atoms with Gasteiger partial charge in [0.2, 0.25) is 5.91 Å². The van der Waals surface area contributed by atoms with E-state index < -0.39 is 0 Å². The number of amides is 1. The number of ether oxygens (including phenoxy) is 1. The van der Waals surface area contributed by atoms with E-state index in [4.69, 9.17) is 4.74 Å². The molecule has 1 unspecified atom stereocenters. The Labute approximate surface area is 144 Å². The average molecular weight is 323 g/mol. The van der Waals surface area contributed by atoms with Gasteiger partial charge < -0.3 is 9.64 Å². The van der Waals surface area contributed by atoms with Gasteiger partial charge in [0.25, 0.3) is 0 Å². The first-order chi connectivity index (χ1) is 11.6. The minimum Gasteiger partial charge on any atom is -0.369 e. The largest absolute Gasteiger partial charge is 0.369 e. The predicted molar refractivity (Wildman–Crippen MR) is 95.7 cm³/mol. The number of nitrogens with zero attached hydrogens (tertiary/aromatic N) is 1. The molecule has 126 valence electrons. The second-order valence-electron chi connectivity index (χ2n) is 7.01. The molecule has 0 saturated carbocycles. The summed E-state index contributed by atoms with van der Waals surface area (Å²) >= 11 is 0. The van der Waals surface area contributed by atoms with Crippen LogP contribution in [0.15, 0.2) is 60.7 Å². The normalized spacial score (nSPS) is 19.9. The first-order valence-electron chi connectivity index (χ1n) is 8.57. The first kappa shape index (κ1) is 16.7. The maximum atomic E-state index is 12.8. The highest BCUT2D eigenvalue weighted by Gasteiger charge is 2.38. The molecule has 3 heteroatoms. The van der Waals surface area contributed by atoms with Crippen LogP contribution in [-0.2, 0) is 16.0 Å². The molecular formula is C21H25NO2. The van der Waals surface area contributed by atoms with E-state index >= 15 is 0 Å². The third-order valence-electron chi connectivity index (χ3n) is 4.66. The molecule has 3 nitrogen and oxygen atoms in total. The maximum Gasteiger partial charge on any atom is 0.223 e. The van der Waals surface area contributed by atoms with Gasteiger partial charge >= 0.3 is 0 Å². The Morgan fingerprint density at radius 1 is 1.08 bits per heavy atom. The predicted octanol–water partition coefficient (Wildman–Crippen LogP) is 4.00. The van der Waals surface area contributed by atoms with Gasteiger partial charge in [-0.1, -0.05) is 60.7 Å². The summed E-state index contributed by atoms with van der Waals surface area (Å²) in [5, 5.41) is 0. The van der Waals surface area contributed by atoms with Crippen LogP contribution in [0.25, 0.3) is 0 Å². The lowest BCUT2D eigenvalue weighted by Gasteiger charge is -2.45. The highest BCUT2D eigenvalue weighted by molar-refractivity contribution is 5.77. The molecule has 0 aliphatic carbocycles. The van der Waals surface area contributed by atoms with Crippen molar-refractivity contribution in [2.75, 3.05) is 13.2 Å². The molecule has 0 spiro atoms. The van der Waals surface area contributed by atoms with Crippen molar-refractivity contribution in [1.29, 1.82) is 0 Å². The molecule has 24 heavy (non-hydrogen) atoms. The Hall–Kier alpha value is -2.13. The summed E-state index contributed by atoms with van der Waals surface area (Å²) in [5.74, 6) is 0.202. The van der Waals surface area contributed by atoms with Crippen LogP contribution in [-0.4, -0.2) is 29.5 Å². The molecule has 2 aromatic rings. The van der Waals surface area contributed by atoms with E-state index in [0.717, 1.165) is 12.0 Å². The van der Waals surface area contributed by atoms with E-state index in [9.17, 15) is 4.79 Å². The molecule has 1 aliphatic heterocycles. The fraction of sp³-hybridized carbons (Fsp3) is 0.381. The molecule has 2 aromatic carbocycles. The van der Waals surface area contributed by atoms with Gasteiger partial charge in [-0.05, 0) is 31.4 Å². The van der Waals surface area contributed by atoms with E-state index in [1.165, 1.54) is 5.56 Å². The number of carbonyl (C=O) groups excluding carboxylic acids is 1. The second kappa shape index (κ2) is 7.18. The van der Waals surface area contributed by atoms with Crippen LogP contribution < -0.4 is 0 Å². The van der Waals surface area contributed by atoms with Crippen molar-refractivity contribution in [2.45, 2.75) is 38.3 Å². The molecule has 1 aliphatic rings. The van der Waals surface area contributed by atoms with Gasteiger partial charge in [-0.3, -0.25) is 4.79 Å². The molecular weight excluding hydrogens is 298 g/mol. The SMILES string of the molecule is CC1(C)COC(c2ccccc2)CN1C(=O)CCc1ccccc1. The summed E-state index contributed by atoms with van der Waals surface area (Å²) in [4.78, 5) is 14.8. The third kappa shape index (κ3) is 3.85. The van der Waals surface area contributed by atoms with Gasteiger partial charge in [0.15, 0.2) is 0 Å². The Morgan fingerprint density at radius 2 is 1.71 bits per heavy atom. The number of benzene rings is 2. The van der Waals surface area contributed by atoms with Crippen LogP contribution >= 0.6 is 0 Å². The number of aryl methyl sites for hydroxylation is 1. The molecule has 1 atom stereocenters. The van der Waals surface area contributed by atoms with Gasteiger partial charge in [0.1, 0.15) is 6.10 Å². The zero-order valence-corrected chi connectivity index (χ0v) is 14.4. The molecule has 1 saturated heterocycles. The number of hydrogen-bond donors (Lipinski definition) is 0. The molecule has 0 N–H and O–H groups in total. The fourth-order valence-electron chi connectivity index (χ4n) is 3.19. The lowest BCUT2D eigenvalue weighted by molar-refractivity contribution is -0.154. The van der Waals surface area contributed by atoms with E-state index in [-0.39, 0.29) is 17.6 Å². The monoisotopic (exact) mass is 323 g/mol. The second-order valence-corrected chi connectivity index (χ2v) is 7.01. The van der Waals surface area contributed by atoms with Crippen molar-refractivity contribution in [3.05, 3.63) is 71.8 Å². The Morgan fingerprint density at radius 3 is 2.38 bits per heavy atom. The zero-order valence-electron chi connectivity index (χ0n) is 14.4. The van der Waals surface area contributed by atoms with Gasteiger partial charge in [-0.15, -0.1) is 0 Å². The van der Waals surface area contributed by atoms with Crippen LogP contribution in [0.3, 0.4) is 0 Å². The van der Waals surface area contributed by atoms with Crippen LogP contribution in [0, 0.1) is 0 Å². The van der Waals surface area contributed by atoms with Crippen LogP contribution in [0.1, 0.15) is 37.5 Å². The number of hydrogen-bond acceptors (Lipinski definition) is 2. The zero-order chi connectivity index (χ0) is 17.0. The quantitative estimate of drug-likeness (QED) is 0.851. The minimum absolute atomic E-state index is 0.0418. The van der Waals surface area contributed by atoms with Gasteiger partial charge in [0, 0.05) is 6.42 Å². The molecule has 3 rings (SSSR count). The number of rotatable bonds is 4. The fourth-order valence-corrected chi connectivity index (χ4v) is 3.19. The van der Waals surface area contributed by atoms with Crippen molar-refractivity contribution < 1.29 is 9.53 Å². The van der Waals surface area contributed by atoms with Crippen LogP contribution in [0.2, 0.25) is 0 Å². The Balaban J connectivity index is 1.68. The summed E-state index contributed by atoms with van der Waals surface area (Å²) in [7, 11) is 0. The summed E-state index contributed by atoms with van der Waals surface area (Å²) in [6.07, 6.45) is 1.28. The van der Waals surface area contributed by atoms with Gasteiger partial charge in [-0.25, -0.2) is 0 Å². The van der Waals surface area contributed by atoms with Gasteiger partial charge in [-0.2, -0.15) is 0 Å². The van der Waals surface area contributed by atoms with Gasteiger partial charge in [0.05, 0.1) is 18.7 Å². The number of morpholine rings is 1. The summed E-state index contributed by atoms with van der Waals surface area (Å²) in [5.41, 5.74) is 2.07. The van der Waals surface area contributed by atoms with Crippen molar-refractivity contribution in [3.8, 4) is 0 Å². The molecule has 1 fully saturated rings. The van der Waals surface area contributed by atoms with E-state index in [1.54, 1.807) is 0 Å². The summed E-state index contributed by atoms with van der Waals surface area (Å²) in [6, 6.07) is 20.3. The van der Waals surface area contributed by atoms with Crippen molar-refractivity contribution in [1.82, 2.24) is 4.90 Å². The molecule has 0 radical (unpaired) electrons. The van der Waals surface area contributed by atoms with E-state index in [0.29, 0.717) is 19.6 Å². The number of carbonyl (C=O) groups is 1. The smallest absolute Gasteiger partial charge is 0.223 e. The highest BCUT2D eigenvalue weighted by Crippen LogP contribution is 2.30. The average Bonchev–Trinajstić information content (AvgIpc) is 2.61. The topological polar surface area (TPSA) is 29.5 Å². The van der Waals surface area contributed by atoms with Crippen molar-refractivity contribution in [2.24, 2.45) is 0 Å². The standard InChI is InChI=1S/C21H25NO2/c1-21(2)16-24-19(18-11-7-4-8-12-18)15-22(21)20(23)14-13-17-9-5-3-6-10-17/h3-12,19H,13-16H2,1-2H3.